The molecule has 2 rings (SSSR count). The molecule has 0 aliphatic carbocycles. The van der Waals surface area contributed by atoms with E-state index in [1.165, 1.54) is 12.4 Å². The number of sulfone groups is 1. The molecule has 0 fully saturated rings. The van der Waals surface area contributed by atoms with Gasteiger partial charge in [-0.15, -0.1) is 5.10 Å². The Morgan fingerprint density at radius 2 is 2.07 bits per heavy atom. The Bertz CT molecular complexity index is 529. The Hall–Kier alpha value is -1.06. The van der Waals surface area contributed by atoms with Crippen molar-refractivity contribution < 1.29 is 8.42 Å². The van der Waals surface area contributed by atoms with E-state index in [-0.39, 0.29) is 13.5 Å². The lowest BCUT2D eigenvalue weighted by molar-refractivity contribution is 0.599. The molecule has 0 unspecified atom stereocenters. The van der Waals surface area contributed by atoms with Crippen LogP contribution in [0.5, 0.6) is 0 Å². The number of nitrogens with two attached hydrogens (primary N) is 1. The van der Waals surface area contributed by atoms with E-state index in [2.05, 4.69) is 14.6 Å². The van der Waals surface area contributed by atoms with Crippen molar-refractivity contribution in [3.05, 3.63) is 12.4 Å². The predicted octanol–water partition coefficient (Wildman–Crippen LogP) is 0.410. The average molecular weight is 248 g/mol. The first-order chi connectivity index (χ1) is 6.60. The topological polar surface area (TPSA) is 98.8 Å². The van der Waals surface area contributed by atoms with Crippen molar-refractivity contribution in [2.45, 2.75) is 8.42 Å². The number of anilines is 1. The van der Waals surface area contributed by atoms with Gasteiger partial charge in [0.05, 0.1) is 12.4 Å². The van der Waals surface area contributed by atoms with Crippen molar-refractivity contribution >= 4 is 37.8 Å². The summed E-state index contributed by atoms with van der Waals surface area (Å²) in [6.45, 7) is 0. The van der Waals surface area contributed by atoms with Crippen LogP contribution in [-0.4, -0.2) is 23.0 Å². The van der Waals surface area contributed by atoms with E-state index in [0.29, 0.717) is 0 Å². The molecule has 0 saturated carbocycles. The fourth-order valence-electron chi connectivity index (χ4n) is 0.772. The van der Waals surface area contributed by atoms with E-state index in [4.69, 9.17) is 5.73 Å². The van der Waals surface area contributed by atoms with Crippen LogP contribution in [0.3, 0.4) is 0 Å². The van der Waals surface area contributed by atoms with Crippen LogP contribution in [0.15, 0.2) is 20.8 Å². The molecule has 0 aromatic carbocycles. The van der Waals surface area contributed by atoms with Crippen molar-refractivity contribution in [3.63, 3.8) is 0 Å². The summed E-state index contributed by atoms with van der Waals surface area (Å²) in [5.41, 5.74) is 5.34. The Kier molecular flexibility index (Phi) is 2.21. The third-order valence-electron chi connectivity index (χ3n) is 1.37. The van der Waals surface area contributed by atoms with Crippen molar-refractivity contribution in [2.75, 3.05) is 5.73 Å². The third-order valence-corrected chi connectivity index (χ3v) is 5.52. The summed E-state index contributed by atoms with van der Waals surface area (Å²) in [4.78, 5) is 3.67. The fraction of sp³-hybridized carbons (Fsp3) is 0. The number of hydrogen-bond acceptors (Lipinski definition) is 8. The van der Waals surface area contributed by atoms with Crippen molar-refractivity contribution in [2.24, 2.45) is 0 Å². The molecule has 14 heavy (non-hydrogen) atoms. The largest absolute Gasteiger partial charge is 0.375 e. The van der Waals surface area contributed by atoms with Gasteiger partial charge in [-0.1, -0.05) is 15.8 Å². The molecule has 0 aliphatic heterocycles. The van der Waals surface area contributed by atoms with E-state index < -0.39 is 9.84 Å². The normalized spacial score (nSPS) is 11.7. The SMILES string of the molecule is Nc1ncc(S(=O)(=O)c2cnns2)s1. The van der Waals surface area contributed by atoms with Gasteiger partial charge in [0.1, 0.15) is 4.21 Å². The number of aromatic nitrogens is 3. The maximum absolute atomic E-state index is 11.8. The number of nitrogen functional groups attached to an aromatic ring is 1. The summed E-state index contributed by atoms with van der Waals surface area (Å²) in [6, 6.07) is 0. The van der Waals surface area contributed by atoms with Gasteiger partial charge in [0, 0.05) is 11.5 Å². The first-order valence-electron chi connectivity index (χ1n) is 3.34. The standard InChI is InChI=1S/C5H4N4O2S3/c6-5-7-1-3(12-5)14(10,11)4-2-8-9-13-4/h1-2H,(H2,6,7). The van der Waals surface area contributed by atoms with Gasteiger partial charge in [-0.2, -0.15) is 0 Å². The van der Waals surface area contributed by atoms with Crippen molar-refractivity contribution in [1.82, 2.24) is 14.6 Å². The number of nitrogens with zero attached hydrogens (tertiary/aromatic N) is 3. The minimum Gasteiger partial charge on any atom is -0.375 e. The van der Waals surface area contributed by atoms with E-state index in [9.17, 15) is 8.42 Å². The highest BCUT2D eigenvalue weighted by atomic mass is 32.3. The molecule has 0 radical (unpaired) electrons. The number of hydrogen-bond donors (Lipinski definition) is 1. The van der Waals surface area contributed by atoms with E-state index in [0.717, 1.165) is 22.9 Å². The molecule has 0 aliphatic rings. The summed E-state index contributed by atoms with van der Waals surface area (Å²) in [5, 5.41) is 3.69. The van der Waals surface area contributed by atoms with Gasteiger partial charge in [-0.05, 0) is 0 Å². The van der Waals surface area contributed by atoms with E-state index in [1.807, 2.05) is 0 Å². The van der Waals surface area contributed by atoms with Gasteiger partial charge < -0.3 is 5.73 Å². The molecule has 0 saturated heterocycles. The van der Waals surface area contributed by atoms with Crippen molar-refractivity contribution in [3.8, 4) is 0 Å². The zero-order valence-electron chi connectivity index (χ0n) is 6.61. The monoisotopic (exact) mass is 248 g/mol. The molecule has 9 heteroatoms. The average Bonchev–Trinajstić information content (AvgIpc) is 2.72. The van der Waals surface area contributed by atoms with Crippen LogP contribution in [0, 0.1) is 0 Å². The fourth-order valence-corrected chi connectivity index (χ4v) is 3.92. The van der Waals surface area contributed by atoms with Crippen LogP contribution in [0.4, 0.5) is 5.13 Å². The third kappa shape index (κ3) is 1.49. The predicted molar refractivity (Wildman–Crippen MR) is 51.9 cm³/mol. The lowest BCUT2D eigenvalue weighted by atomic mass is 11.0. The highest BCUT2D eigenvalue weighted by Gasteiger charge is 2.22. The molecule has 74 valence electrons. The molecule has 0 atom stereocenters. The maximum Gasteiger partial charge on any atom is 0.230 e. The van der Waals surface area contributed by atoms with Gasteiger partial charge in [0.25, 0.3) is 0 Å². The van der Waals surface area contributed by atoms with Crippen molar-refractivity contribution in [1.29, 1.82) is 0 Å². The van der Waals surface area contributed by atoms with Gasteiger partial charge in [0.2, 0.25) is 9.84 Å². The summed E-state index contributed by atoms with van der Waals surface area (Å²) in [5.74, 6) is 0. The second kappa shape index (κ2) is 3.26. The Morgan fingerprint density at radius 1 is 1.29 bits per heavy atom. The summed E-state index contributed by atoms with van der Waals surface area (Å²) in [6.07, 6.45) is 2.44. The van der Waals surface area contributed by atoms with Gasteiger partial charge in [-0.3, -0.25) is 0 Å². The quantitative estimate of drug-likeness (QED) is 0.826. The molecule has 2 aromatic heterocycles. The number of thiazole rings is 1. The summed E-state index contributed by atoms with van der Waals surface area (Å²) >= 11 is 1.75. The number of rotatable bonds is 2. The first-order valence-corrected chi connectivity index (χ1v) is 6.42. The molecular formula is C5H4N4O2S3. The minimum atomic E-state index is -3.51. The molecule has 6 nitrogen and oxygen atoms in total. The Balaban J connectivity index is 2.54. The highest BCUT2D eigenvalue weighted by molar-refractivity contribution is 7.95. The van der Waals surface area contributed by atoms with Gasteiger partial charge in [-0.25, -0.2) is 13.4 Å². The Morgan fingerprint density at radius 3 is 2.57 bits per heavy atom. The second-order valence-corrected chi connectivity index (χ2v) is 6.51. The van der Waals surface area contributed by atoms with Crippen LogP contribution in [0.25, 0.3) is 0 Å². The molecule has 2 N–H and O–H groups in total. The highest BCUT2D eigenvalue weighted by Crippen LogP contribution is 2.27. The van der Waals surface area contributed by atoms with Crippen LogP contribution < -0.4 is 5.73 Å². The van der Waals surface area contributed by atoms with E-state index >= 15 is 0 Å². The first kappa shape index (κ1) is 9.49. The maximum atomic E-state index is 11.8. The van der Waals surface area contributed by atoms with Crippen LogP contribution in [0.1, 0.15) is 0 Å². The lowest BCUT2D eigenvalue weighted by Crippen LogP contribution is -1.96. The molecule has 0 bridgehead atoms. The lowest BCUT2D eigenvalue weighted by Gasteiger charge is -1.92. The molecule has 0 amide bonds. The van der Waals surface area contributed by atoms with E-state index in [1.54, 1.807) is 0 Å². The van der Waals surface area contributed by atoms with Crippen LogP contribution in [0.2, 0.25) is 0 Å². The molecular weight excluding hydrogens is 244 g/mol. The summed E-state index contributed by atoms with van der Waals surface area (Å²) in [7, 11) is -3.51. The van der Waals surface area contributed by atoms with Crippen LogP contribution in [-0.2, 0) is 9.84 Å². The van der Waals surface area contributed by atoms with Gasteiger partial charge >= 0.3 is 0 Å². The molecule has 0 spiro atoms. The second-order valence-electron chi connectivity index (χ2n) is 2.26. The molecule has 2 aromatic rings. The van der Waals surface area contributed by atoms with Crippen LogP contribution >= 0.6 is 22.9 Å². The summed E-state index contributed by atoms with van der Waals surface area (Å²) < 4.78 is 27.2. The Labute approximate surface area is 87.5 Å². The minimum absolute atomic E-state index is 0.0983. The zero-order valence-corrected chi connectivity index (χ0v) is 9.06. The van der Waals surface area contributed by atoms with Gasteiger partial charge in [0.15, 0.2) is 9.34 Å². The molecule has 2 heterocycles. The smallest absolute Gasteiger partial charge is 0.230 e. The zero-order chi connectivity index (χ0) is 10.2.